The highest BCUT2D eigenvalue weighted by Gasteiger charge is 2.13. The van der Waals surface area contributed by atoms with Gasteiger partial charge in [-0.2, -0.15) is 5.10 Å². The van der Waals surface area contributed by atoms with Crippen LogP contribution in [0.3, 0.4) is 0 Å². The summed E-state index contributed by atoms with van der Waals surface area (Å²) in [5, 5.41) is 4.35. The lowest BCUT2D eigenvalue weighted by Crippen LogP contribution is -2.32. The Morgan fingerprint density at radius 3 is 2.68 bits per heavy atom. The van der Waals surface area contributed by atoms with Gasteiger partial charge in [0.25, 0.3) is 0 Å². The minimum atomic E-state index is -0.0557. The first-order valence-corrected chi connectivity index (χ1v) is 6.38. The average Bonchev–Trinajstić information content (AvgIpc) is 2.90. The van der Waals surface area contributed by atoms with Gasteiger partial charge >= 0.3 is 0 Å². The van der Waals surface area contributed by atoms with E-state index in [-0.39, 0.29) is 12.1 Å². The zero-order valence-corrected chi connectivity index (χ0v) is 11.3. The van der Waals surface area contributed by atoms with Gasteiger partial charge in [-0.05, 0) is 26.0 Å². The summed E-state index contributed by atoms with van der Waals surface area (Å²) in [6, 6.07) is 9.90. The van der Waals surface area contributed by atoms with E-state index in [4.69, 9.17) is 10.6 Å². The van der Waals surface area contributed by atoms with Crippen LogP contribution in [0.25, 0.3) is 5.69 Å². The maximum absolute atomic E-state index is 5.58. The first-order valence-electron chi connectivity index (χ1n) is 6.38. The molecule has 0 fully saturated rings. The maximum Gasteiger partial charge on any atom is 0.0724 e. The van der Waals surface area contributed by atoms with Crippen LogP contribution in [0.1, 0.15) is 25.5 Å². The fourth-order valence-electron chi connectivity index (χ4n) is 1.77. The molecule has 0 aliphatic rings. The van der Waals surface area contributed by atoms with Crippen molar-refractivity contribution in [1.82, 2.24) is 15.2 Å². The van der Waals surface area contributed by atoms with Crippen LogP contribution in [-0.2, 0) is 4.74 Å². The Labute approximate surface area is 113 Å². The summed E-state index contributed by atoms with van der Waals surface area (Å²) in [7, 11) is 0. The van der Waals surface area contributed by atoms with E-state index in [1.807, 2.05) is 55.1 Å². The number of hydrazine groups is 1. The molecule has 2 aromatic rings. The van der Waals surface area contributed by atoms with E-state index >= 15 is 0 Å². The summed E-state index contributed by atoms with van der Waals surface area (Å²) in [5.74, 6) is 5.57. The summed E-state index contributed by atoms with van der Waals surface area (Å²) in [6.07, 6.45) is 3.95. The number of nitrogens with zero attached hydrogens (tertiary/aromatic N) is 2. The largest absolute Gasteiger partial charge is 0.377 e. The summed E-state index contributed by atoms with van der Waals surface area (Å²) in [4.78, 5) is 0. The van der Waals surface area contributed by atoms with Crippen molar-refractivity contribution < 1.29 is 4.74 Å². The number of benzene rings is 1. The lowest BCUT2D eigenvalue weighted by molar-refractivity contribution is 0.0611. The number of nitrogens with two attached hydrogens (primary N) is 1. The summed E-state index contributed by atoms with van der Waals surface area (Å²) in [6.45, 7) is 4.52. The SMILES string of the molecule is CC(C)OCC(NN)c1cnn(-c2ccccc2)c1. The molecular formula is C14H20N4O. The fourth-order valence-corrected chi connectivity index (χ4v) is 1.77. The molecular weight excluding hydrogens is 240 g/mol. The summed E-state index contributed by atoms with van der Waals surface area (Å²) < 4.78 is 7.41. The number of rotatable bonds is 6. The summed E-state index contributed by atoms with van der Waals surface area (Å²) >= 11 is 0. The van der Waals surface area contributed by atoms with Gasteiger partial charge in [0, 0.05) is 11.8 Å². The van der Waals surface area contributed by atoms with Crippen molar-refractivity contribution in [1.29, 1.82) is 0 Å². The Morgan fingerprint density at radius 2 is 2.05 bits per heavy atom. The van der Waals surface area contributed by atoms with Crippen molar-refractivity contribution in [2.75, 3.05) is 6.61 Å². The number of ether oxygens (including phenoxy) is 1. The van der Waals surface area contributed by atoms with E-state index in [0.29, 0.717) is 6.61 Å². The van der Waals surface area contributed by atoms with Crippen LogP contribution in [0.2, 0.25) is 0 Å². The number of aromatic nitrogens is 2. The topological polar surface area (TPSA) is 65.1 Å². The molecule has 1 unspecified atom stereocenters. The Balaban J connectivity index is 2.11. The van der Waals surface area contributed by atoms with Gasteiger partial charge in [0.2, 0.25) is 0 Å². The number of hydrogen-bond acceptors (Lipinski definition) is 4. The molecule has 1 aromatic heterocycles. The molecule has 1 aromatic carbocycles. The monoisotopic (exact) mass is 260 g/mol. The molecule has 5 nitrogen and oxygen atoms in total. The van der Waals surface area contributed by atoms with Crippen molar-refractivity contribution in [3.8, 4) is 5.69 Å². The van der Waals surface area contributed by atoms with Crippen molar-refractivity contribution in [2.24, 2.45) is 5.84 Å². The predicted molar refractivity (Wildman–Crippen MR) is 74.7 cm³/mol. The number of hydrogen-bond donors (Lipinski definition) is 2. The molecule has 0 aliphatic heterocycles. The van der Waals surface area contributed by atoms with Gasteiger partial charge in [-0.1, -0.05) is 18.2 Å². The van der Waals surface area contributed by atoms with Gasteiger partial charge in [-0.15, -0.1) is 0 Å². The molecule has 0 saturated heterocycles. The fraction of sp³-hybridized carbons (Fsp3) is 0.357. The average molecular weight is 260 g/mol. The van der Waals surface area contributed by atoms with Gasteiger partial charge in [0.1, 0.15) is 0 Å². The van der Waals surface area contributed by atoms with E-state index in [1.54, 1.807) is 6.20 Å². The minimum Gasteiger partial charge on any atom is -0.377 e. The van der Waals surface area contributed by atoms with Gasteiger partial charge in [-0.3, -0.25) is 11.3 Å². The van der Waals surface area contributed by atoms with Gasteiger partial charge in [-0.25, -0.2) is 4.68 Å². The molecule has 102 valence electrons. The molecule has 0 spiro atoms. The zero-order valence-electron chi connectivity index (χ0n) is 11.3. The molecule has 0 amide bonds. The van der Waals surface area contributed by atoms with Crippen LogP contribution < -0.4 is 11.3 Å². The Kier molecular flexibility index (Phi) is 4.68. The second-order valence-electron chi connectivity index (χ2n) is 4.66. The quantitative estimate of drug-likeness (QED) is 0.614. The van der Waals surface area contributed by atoms with E-state index in [2.05, 4.69) is 10.5 Å². The van der Waals surface area contributed by atoms with E-state index < -0.39 is 0 Å². The van der Waals surface area contributed by atoms with Crippen LogP contribution >= 0.6 is 0 Å². The molecule has 0 aliphatic carbocycles. The molecule has 0 saturated carbocycles. The molecule has 1 heterocycles. The minimum absolute atomic E-state index is 0.0557. The van der Waals surface area contributed by atoms with Gasteiger partial charge < -0.3 is 4.74 Å². The second-order valence-corrected chi connectivity index (χ2v) is 4.66. The third-order valence-electron chi connectivity index (χ3n) is 2.82. The molecule has 5 heteroatoms. The third kappa shape index (κ3) is 3.64. The smallest absolute Gasteiger partial charge is 0.0724 e. The van der Waals surface area contributed by atoms with E-state index in [9.17, 15) is 0 Å². The van der Waals surface area contributed by atoms with Crippen LogP contribution in [-0.4, -0.2) is 22.5 Å². The van der Waals surface area contributed by atoms with Crippen LogP contribution in [0.4, 0.5) is 0 Å². The van der Waals surface area contributed by atoms with Gasteiger partial charge in [0.15, 0.2) is 0 Å². The van der Waals surface area contributed by atoms with Crippen LogP contribution in [0.15, 0.2) is 42.7 Å². The van der Waals surface area contributed by atoms with Crippen molar-refractivity contribution >= 4 is 0 Å². The van der Waals surface area contributed by atoms with Gasteiger partial charge in [0.05, 0.1) is 30.6 Å². The lowest BCUT2D eigenvalue weighted by atomic mass is 10.2. The molecule has 1 atom stereocenters. The van der Waals surface area contributed by atoms with Crippen molar-refractivity contribution in [2.45, 2.75) is 26.0 Å². The van der Waals surface area contributed by atoms with E-state index in [0.717, 1.165) is 11.3 Å². The highest BCUT2D eigenvalue weighted by Crippen LogP contribution is 2.15. The highest BCUT2D eigenvalue weighted by molar-refractivity contribution is 5.31. The third-order valence-corrected chi connectivity index (χ3v) is 2.82. The number of para-hydroxylation sites is 1. The van der Waals surface area contributed by atoms with Crippen LogP contribution in [0, 0.1) is 0 Å². The standard InChI is InChI=1S/C14H20N4O/c1-11(2)19-10-14(17-15)12-8-16-18(9-12)13-6-4-3-5-7-13/h3-9,11,14,17H,10,15H2,1-2H3. The van der Waals surface area contributed by atoms with Crippen molar-refractivity contribution in [3.05, 3.63) is 48.3 Å². The van der Waals surface area contributed by atoms with Crippen LogP contribution in [0.5, 0.6) is 0 Å². The molecule has 3 N–H and O–H groups in total. The second kappa shape index (κ2) is 6.47. The van der Waals surface area contributed by atoms with E-state index in [1.165, 1.54) is 0 Å². The molecule has 0 radical (unpaired) electrons. The Hall–Kier alpha value is -1.69. The first kappa shape index (κ1) is 13.7. The number of nitrogens with one attached hydrogen (secondary N) is 1. The maximum atomic E-state index is 5.58. The normalized spacial score (nSPS) is 12.8. The lowest BCUT2D eigenvalue weighted by Gasteiger charge is -2.16. The predicted octanol–water partition coefficient (Wildman–Crippen LogP) is 1.80. The zero-order chi connectivity index (χ0) is 13.7. The molecule has 2 rings (SSSR count). The molecule has 19 heavy (non-hydrogen) atoms. The first-order chi connectivity index (χ1) is 9.20. The Morgan fingerprint density at radius 1 is 1.32 bits per heavy atom. The highest BCUT2D eigenvalue weighted by atomic mass is 16.5. The van der Waals surface area contributed by atoms with Crippen molar-refractivity contribution in [3.63, 3.8) is 0 Å². The molecule has 0 bridgehead atoms. The summed E-state index contributed by atoms with van der Waals surface area (Å²) in [5.41, 5.74) is 4.79. The Bertz CT molecular complexity index is 495.